The molecule has 4 nitrogen and oxygen atoms in total. The highest BCUT2D eigenvalue weighted by Crippen LogP contribution is 2.45. The van der Waals surface area contributed by atoms with Crippen molar-refractivity contribution in [3.05, 3.63) is 66.0 Å². The fourth-order valence-corrected chi connectivity index (χ4v) is 4.85. The molecule has 190 valence electrons. The monoisotopic (exact) mass is 477 g/mol. The fraction of sp³-hybridized carbons (Fsp3) is 0.581. The zero-order chi connectivity index (χ0) is 24.8. The van der Waals surface area contributed by atoms with Crippen molar-refractivity contribution in [1.29, 1.82) is 0 Å². The van der Waals surface area contributed by atoms with E-state index in [-0.39, 0.29) is 23.5 Å². The Kier molecular flexibility index (Phi) is 8.41. The van der Waals surface area contributed by atoms with Gasteiger partial charge in [0.15, 0.2) is 0 Å². The minimum atomic E-state index is -0.142. The quantitative estimate of drug-likeness (QED) is 0.251. The largest absolute Gasteiger partial charge is 0.498 e. The molecule has 0 aromatic heterocycles. The Morgan fingerprint density at radius 2 is 1.77 bits per heavy atom. The molecule has 4 heteroatoms. The Bertz CT molecular complexity index is 928. The summed E-state index contributed by atoms with van der Waals surface area (Å²) in [6, 6.07) is 8.26. The zero-order valence-corrected chi connectivity index (χ0v) is 21.9. The molecule has 1 atom stereocenters. The maximum Gasteiger partial charge on any atom is 0.226 e. The molecular weight excluding hydrogens is 434 g/mol. The lowest BCUT2D eigenvalue weighted by atomic mass is 9.83. The average Bonchev–Trinajstić information content (AvgIpc) is 3.77. The summed E-state index contributed by atoms with van der Waals surface area (Å²) >= 11 is 0. The van der Waals surface area contributed by atoms with E-state index in [0.29, 0.717) is 5.92 Å². The molecule has 0 radical (unpaired) electrons. The molecule has 4 rings (SSSR count). The van der Waals surface area contributed by atoms with Crippen LogP contribution in [-0.4, -0.2) is 18.6 Å². The van der Waals surface area contributed by atoms with Gasteiger partial charge in [-0.2, -0.15) is 0 Å². The Morgan fingerprint density at radius 3 is 2.37 bits per heavy atom. The predicted octanol–water partition coefficient (Wildman–Crippen LogP) is 7.43. The molecule has 0 bridgehead atoms. The normalized spacial score (nSPS) is 24.9. The topological polar surface area (TPSA) is 47.6 Å². The van der Waals surface area contributed by atoms with Crippen molar-refractivity contribution in [3.8, 4) is 5.75 Å². The van der Waals surface area contributed by atoms with Gasteiger partial charge in [0.05, 0.1) is 24.5 Å². The molecule has 0 spiro atoms. The fourth-order valence-electron chi connectivity index (χ4n) is 4.85. The molecule has 1 unspecified atom stereocenters. The van der Waals surface area contributed by atoms with Crippen molar-refractivity contribution >= 4 is 5.91 Å². The van der Waals surface area contributed by atoms with Crippen molar-refractivity contribution in [1.82, 2.24) is 5.32 Å². The summed E-state index contributed by atoms with van der Waals surface area (Å²) < 4.78 is 12.2. The summed E-state index contributed by atoms with van der Waals surface area (Å²) in [4.78, 5) is 12.3. The highest BCUT2D eigenvalue weighted by molar-refractivity contribution is 5.85. The first-order chi connectivity index (χ1) is 16.8. The number of hydrogen-bond donors (Lipinski definition) is 1. The van der Waals surface area contributed by atoms with Gasteiger partial charge < -0.3 is 14.8 Å². The SMILES string of the molecule is C=CC=C(C=C(C)OCC1CC1)CC1CCC(Oc2ccc(C(C)NC(=O)C3(C)CC3)cc2)CC1. The first kappa shape index (κ1) is 25.6. The zero-order valence-electron chi connectivity index (χ0n) is 21.9. The van der Waals surface area contributed by atoms with Gasteiger partial charge in [-0.3, -0.25) is 4.79 Å². The molecule has 1 amide bonds. The van der Waals surface area contributed by atoms with Crippen molar-refractivity contribution in [2.45, 2.75) is 90.7 Å². The summed E-state index contributed by atoms with van der Waals surface area (Å²) in [6.07, 6.45) is 16.7. The van der Waals surface area contributed by atoms with Gasteiger partial charge in [0, 0.05) is 5.41 Å². The van der Waals surface area contributed by atoms with Crippen LogP contribution in [0.4, 0.5) is 0 Å². The molecule has 3 saturated carbocycles. The van der Waals surface area contributed by atoms with Crippen molar-refractivity contribution in [3.63, 3.8) is 0 Å². The number of amides is 1. The first-order valence-electron chi connectivity index (χ1n) is 13.5. The second-order valence-corrected chi connectivity index (χ2v) is 11.3. The van der Waals surface area contributed by atoms with Crippen LogP contribution in [-0.2, 0) is 9.53 Å². The molecule has 3 fully saturated rings. The summed E-state index contributed by atoms with van der Waals surface area (Å²) in [5.41, 5.74) is 2.28. The predicted molar refractivity (Wildman–Crippen MR) is 142 cm³/mol. The van der Waals surface area contributed by atoms with Crippen molar-refractivity contribution < 1.29 is 14.3 Å². The maximum absolute atomic E-state index is 12.3. The summed E-state index contributed by atoms with van der Waals surface area (Å²) in [5, 5.41) is 3.15. The third kappa shape index (κ3) is 7.75. The summed E-state index contributed by atoms with van der Waals surface area (Å²) in [7, 11) is 0. The highest BCUT2D eigenvalue weighted by atomic mass is 16.5. The lowest BCUT2D eigenvalue weighted by Gasteiger charge is -2.29. The maximum atomic E-state index is 12.3. The van der Waals surface area contributed by atoms with Gasteiger partial charge in [-0.25, -0.2) is 0 Å². The van der Waals surface area contributed by atoms with E-state index in [2.05, 4.69) is 43.1 Å². The van der Waals surface area contributed by atoms with Crippen LogP contribution in [0.3, 0.4) is 0 Å². The van der Waals surface area contributed by atoms with E-state index < -0.39 is 0 Å². The second kappa shape index (κ2) is 11.5. The molecule has 1 aromatic rings. The number of benzene rings is 1. The van der Waals surface area contributed by atoms with Crippen LogP contribution in [0.25, 0.3) is 0 Å². The third-order valence-electron chi connectivity index (χ3n) is 7.86. The van der Waals surface area contributed by atoms with Gasteiger partial charge in [-0.05, 0) is 113 Å². The van der Waals surface area contributed by atoms with Crippen molar-refractivity contribution in [2.75, 3.05) is 6.61 Å². The molecule has 3 aliphatic rings. The van der Waals surface area contributed by atoms with Crippen LogP contribution in [0.5, 0.6) is 5.75 Å². The number of ether oxygens (including phenoxy) is 2. The van der Waals surface area contributed by atoms with Crippen LogP contribution in [0, 0.1) is 17.3 Å². The number of nitrogens with one attached hydrogen (secondary N) is 1. The van der Waals surface area contributed by atoms with Gasteiger partial charge in [0.2, 0.25) is 5.91 Å². The molecular formula is C31H43NO3. The van der Waals surface area contributed by atoms with E-state index in [1.165, 1.54) is 31.3 Å². The van der Waals surface area contributed by atoms with Gasteiger partial charge in [-0.1, -0.05) is 37.8 Å². The average molecular weight is 478 g/mol. The van der Waals surface area contributed by atoms with Gasteiger partial charge >= 0.3 is 0 Å². The number of hydrogen-bond acceptors (Lipinski definition) is 3. The Morgan fingerprint density at radius 1 is 1.11 bits per heavy atom. The second-order valence-electron chi connectivity index (χ2n) is 11.3. The van der Waals surface area contributed by atoms with E-state index >= 15 is 0 Å². The Balaban J connectivity index is 1.21. The third-order valence-corrected chi connectivity index (χ3v) is 7.86. The molecule has 35 heavy (non-hydrogen) atoms. The Hall–Kier alpha value is -2.49. The number of carbonyl (C=O) groups is 1. The van der Waals surface area contributed by atoms with Crippen LogP contribution in [0.15, 0.2) is 60.4 Å². The van der Waals surface area contributed by atoms with Crippen LogP contribution >= 0.6 is 0 Å². The lowest BCUT2D eigenvalue weighted by Crippen LogP contribution is -2.32. The van der Waals surface area contributed by atoms with Gasteiger partial charge in [-0.15, -0.1) is 0 Å². The van der Waals surface area contributed by atoms with Crippen LogP contribution in [0.1, 0.15) is 90.2 Å². The number of carbonyl (C=O) groups excluding carboxylic acids is 1. The number of allylic oxidation sites excluding steroid dienone is 5. The molecule has 0 saturated heterocycles. The number of rotatable bonds is 12. The van der Waals surface area contributed by atoms with Crippen LogP contribution in [0.2, 0.25) is 0 Å². The van der Waals surface area contributed by atoms with E-state index in [4.69, 9.17) is 9.47 Å². The van der Waals surface area contributed by atoms with E-state index in [0.717, 1.165) is 61.7 Å². The minimum Gasteiger partial charge on any atom is -0.498 e. The molecule has 1 N–H and O–H groups in total. The van der Waals surface area contributed by atoms with Crippen LogP contribution < -0.4 is 10.1 Å². The Labute approximate surface area is 211 Å². The molecule has 3 aliphatic carbocycles. The summed E-state index contributed by atoms with van der Waals surface area (Å²) in [6.45, 7) is 10.9. The van der Waals surface area contributed by atoms with E-state index in [1.807, 2.05) is 32.1 Å². The summed E-state index contributed by atoms with van der Waals surface area (Å²) in [5.74, 6) is 3.56. The standard InChI is InChI=1S/C31H43NO3/c1-5-6-26(19-22(2)34-21-25-7-8-25)20-24-9-13-28(14-10-24)35-29-15-11-27(12-16-29)23(3)32-30(33)31(4)17-18-31/h5-6,11-12,15-16,19,23-25,28H,1,7-10,13-14,17-18,20-21H2,2-4H3,(H,32,33). The minimum absolute atomic E-state index is 0.0130. The van der Waals surface area contributed by atoms with Crippen molar-refractivity contribution in [2.24, 2.45) is 17.3 Å². The highest BCUT2D eigenvalue weighted by Gasteiger charge is 2.45. The van der Waals surface area contributed by atoms with E-state index in [1.54, 1.807) is 0 Å². The first-order valence-corrected chi connectivity index (χ1v) is 13.5. The van der Waals surface area contributed by atoms with Gasteiger partial charge in [0.25, 0.3) is 0 Å². The molecule has 0 heterocycles. The smallest absolute Gasteiger partial charge is 0.226 e. The molecule has 1 aromatic carbocycles. The lowest BCUT2D eigenvalue weighted by molar-refractivity contribution is -0.126. The van der Waals surface area contributed by atoms with Gasteiger partial charge in [0.1, 0.15) is 5.75 Å². The van der Waals surface area contributed by atoms with E-state index in [9.17, 15) is 4.79 Å². The molecule has 0 aliphatic heterocycles.